The fourth-order valence-corrected chi connectivity index (χ4v) is 3.78. The highest BCUT2D eigenvalue weighted by Crippen LogP contribution is 2.35. The Morgan fingerprint density at radius 2 is 1.88 bits per heavy atom. The molecule has 0 aromatic heterocycles. The Morgan fingerprint density at radius 3 is 2.56 bits per heavy atom. The molecule has 0 atom stereocenters. The predicted molar refractivity (Wildman–Crippen MR) is 104 cm³/mol. The van der Waals surface area contributed by atoms with Crippen LogP contribution in [0.25, 0.3) is 6.08 Å². The predicted octanol–water partition coefficient (Wildman–Crippen LogP) is 5.70. The van der Waals surface area contributed by atoms with Crippen LogP contribution < -0.4 is 0 Å². The van der Waals surface area contributed by atoms with Crippen molar-refractivity contribution in [2.75, 3.05) is 0 Å². The van der Waals surface area contributed by atoms with Crippen LogP contribution in [0.3, 0.4) is 0 Å². The van der Waals surface area contributed by atoms with Gasteiger partial charge in [-0.25, -0.2) is 0 Å². The zero-order chi connectivity index (χ0) is 18.1. The van der Waals surface area contributed by atoms with Crippen molar-refractivity contribution < 1.29 is 14.7 Å². The fraction of sp³-hybridized carbons (Fsp3) is 0.0588. The van der Waals surface area contributed by atoms with Crippen molar-refractivity contribution in [2.24, 2.45) is 0 Å². The van der Waals surface area contributed by atoms with Gasteiger partial charge < -0.3 is 5.11 Å². The lowest BCUT2D eigenvalue weighted by Gasteiger charge is -2.12. The Hall–Kier alpha value is -1.47. The van der Waals surface area contributed by atoms with Crippen molar-refractivity contribution in [1.82, 2.24) is 4.90 Å². The number of nitrogens with zero attached hydrogens (tertiary/aromatic N) is 1. The van der Waals surface area contributed by atoms with Gasteiger partial charge in [-0.1, -0.05) is 35.3 Å². The van der Waals surface area contributed by atoms with E-state index in [9.17, 15) is 14.7 Å². The summed E-state index contributed by atoms with van der Waals surface area (Å²) in [6, 6.07) is 9.82. The lowest BCUT2D eigenvalue weighted by Crippen LogP contribution is -2.27. The molecule has 0 aliphatic carbocycles. The summed E-state index contributed by atoms with van der Waals surface area (Å²) in [6.07, 6.45) is 1.62. The fourth-order valence-electron chi connectivity index (χ4n) is 2.22. The van der Waals surface area contributed by atoms with Gasteiger partial charge in [-0.3, -0.25) is 14.5 Å². The molecule has 1 aliphatic heterocycles. The molecule has 1 N–H and O–H groups in total. The molecule has 0 radical (unpaired) electrons. The molecule has 1 heterocycles. The lowest BCUT2D eigenvalue weighted by atomic mass is 10.2. The number of aromatic hydroxyl groups is 1. The van der Waals surface area contributed by atoms with Crippen molar-refractivity contribution >= 4 is 68.1 Å². The molecule has 25 heavy (non-hydrogen) atoms. The average molecular weight is 459 g/mol. The van der Waals surface area contributed by atoms with Crippen LogP contribution in [0.5, 0.6) is 5.75 Å². The third-order valence-corrected chi connectivity index (χ3v) is 5.75. The van der Waals surface area contributed by atoms with Crippen molar-refractivity contribution in [1.29, 1.82) is 0 Å². The molecule has 0 bridgehead atoms. The molecule has 2 aromatic rings. The number of phenolic OH excluding ortho intramolecular Hbond substituents is 1. The van der Waals surface area contributed by atoms with E-state index in [2.05, 4.69) is 15.9 Å². The van der Waals surface area contributed by atoms with Gasteiger partial charge in [0.15, 0.2) is 0 Å². The van der Waals surface area contributed by atoms with Gasteiger partial charge in [0.1, 0.15) is 5.75 Å². The summed E-state index contributed by atoms with van der Waals surface area (Å²) in [5, 5.41) is 9.96. The van der Waals surface area contributed by atoms with Gasteiger partial charge in [-0.2, -0.15) is 0 Å². The maximum Gasteiger partial charge on any atom is 0.293 e. The van der Waals surface area contributed by atoms with Crippen molar-refractivity contribution in [2.45, 2.75) is 6.54 Å². The molecule has 1 fully saturated rings. The largest absolute Gasteiger partial charge is 0.507 e. The highest BCUT2D eigenvalue weighted by Gasteiger charge is 2.35. The first-order valence-electron chi connectivity index (χ1n) is 7.03. The Labute approximate surface area is 166 Å². The summed E-state index contributed by atoms with van der Waals surface area (Å²) in [7, 11) is 0. The SMILES string of the molecule is O=C1S/C(=C\c2ccc(O)c(Br)c2)C(=O)N1Cc1ccc(Cl)c(Cl)c1. The van der Waals surface area contributed by atoms with E-state index in [1.54, 1.807) is 36.4 Å². The van der Waals surface area contributed by atoms with Gasteiger partial charge in [0.2, 0.25) is 0 Å². The van der Waals surface area contributed by atoms with Crippen molar-refractivity contribution in [3.63, 3.8) is 0 Å². The first-order valence-corrected chi connectivity index (χ1v) is 9.39. The van der Waals surface area contributed by atoms with Crippen LogP contribution in [0.4, 0.5) is 4.79 Å². The number of phenols is 1. The molecule has 2 amide bonds. The lowest BCUT2D eigenvalue weighted by molar-refractivity contribution is -0.123. The van der Waals surface area contributed by atoms with E-state index < -0.39 is 0 Å². The van der Waals surface area contributed by atoms with E-state index in [-0.39, 0.29) is 23.4 Å². The topological polar surface area (TPSA) is 57.6 Å². The summed E-state index contributed by atoms with van der Waals surface area (Å²) in [5.41, 5.74) is 1.41. The second kappa shape index (κ2) is 7.41. The minimum Gasteiger partial charge on any atom is -0.507 e. The van der Waals surface area contributed by atoms with Crippen LogP contribution in [-0.2, 0) is 11.3 Å². The number of rotatable bonds is 3. The summed E-state index contributed by atoms with van der Waals surface area (Å²) in [5.74, 6) is -0.268. The molecular weight excluding hydrogens is 449 g/mol. The number of halogens is 3. The number of carbonyl (C=O) groups is 2. The zero-order valence-electron chi connectivity index (χ0n) is 12.5. The molecule has 128 valence electrons. The number of hydrogen-bond donors (Lipinski definition) is 1. The maximum atomic E-state index is 12.5. The first-order chi connectivity index (χ1) is 11.8. The number of benzene rings is 2. The van der Waals surface area contributed by atoms with Gasteiger partial charge in [0, 0.05) is 0 Å². The highest BCUT2D eigenvalue weighted by molar-refractivity contribution is 9.10. The Balaban J connectivity index is 1.83. The standard InChI is InChI=1S/C17H10BrCl2NO3S/c18-11-5-9(2-4-14(11)22)7-15-16(23)21(17(24)25-15)8-10-1-3-12(19)13(20)6-10/h1-7,22H,8H2/b15-7-. The molecule has 0 unspecified atom stereocenters. The number of thioether (sulfide) groups is 1. The van der Waals surface area contributed by atoms with Gasteiger partial charge in [-0.05, 0) is 69.2 Å². The zero-order valence-corrected chi connectivity index (χ0v) is 16.4. The quantitative estimate of drug-likeness (QED) is 0.599. The van der Waals surface area contributed by atoms with Crippen LogP contribution >= 0.6 is 50.9 Å². The molecule has 3 rings (SSSR count). The number of imide groups is 1. The van der Waals surface area contributed by atoms with E-state index in [0.717, 1.165) is 16.7 Å². The normalized spacial score (nSPS) is 16.1. The molecule has 2 aromatic carbocycles. The Morgan fingerprint density at radius 1 is 1.12 bits per heavy atom. The number of carbonyl (C=O) groups excluding carboxylic acids is 2. The molecule has 0 spiro atoms. The molecule has 4 nitrogen and oxygen atoms in total. The van der Waals surface area contributed by atoms with Gasteiger partial charge >= 0.3 is 0 Å². The van der Waals surface area contributed by atoms with Crippen LogP contribution in [0, 0.1) is 0 Å². The van der Waals surface area contributed by atoms with Crippen LogP contribution in [0.1, 0.15) is 11.1 Å². The maximum absolute atomic E-state index is 12.5. The first kappa shape index (κ1) is 18.3. The minimum absolute atomic E-state index is 0.102. The summed E-state index contributed by atoms with van der Waals surface area (Å²) >= 11 is 15.9. The third kappa shape index (κ3) is 4.03. The van der Waals surface area contributed by atoms with Crippen LogP contribution in [0.2, 0.25) is 10.0 Å². The van der Waals surface area contributed by atoms with E-state index in [0.29, 0.717) is 30.6 Å². The van der Waals surface area contributed by atoms with Gasteiger partial charge in [0.25, 0.3) is 11.1 Å². The Bertz CT molecular complexity index is 917. The van der Waals surface area contributed by atoms with Crippen LogP contribution in [-0.4, -0.2) is 21.2 Å². The van der Waals surface area contributed by atoms with Gasteiger partial charge in [-0.15, -0.1) is 0 Å². The smallest absolute Gasteiger partial charge is 0.293 e. The minimum atomic E-state index is -0.370. The van der Waals surface area contributed by atoms with Gasteiger partial charge in [0.05, 0.1) is 26.0 Å². The van der Waals surface area contributed by atoms with E-state index in [1.165, 1.54) is 6.07 Å². The number of amides is 2. The van der Waals surface area contributed by atoms with Crippen molar-refractivity contribution in [3.05, 3.63) is 66.9 Å². The summed E-state index contributed by atoms with van der Waals surface area (Å²) < 4.78 is 0.510. The third-order valence-electron chi connectivity index (χ3n) is 3.47. The summed E-state index contributed by atoms with van der Waals surface area (Å²) in [4.78, 5) is 26.2. The molecular formula is C17H10BrCl2NO3S. The molecule has 1 aliphatic rings. The van der Waals surface area contributed by atoms with E-state index in [4.69, 9.17) is 23.2 Å². The average Bonchev–Trinajstić information content (AvgIpc) is 2.82. The van der Waals surface area contributed by atoms with Crippen molar-refractivity contribution in [3.8, 4) is 5.75 Å². The number of hydrogen-bond acceptors (Lipinski definition) is 4. The second-order valence-electron chi connectivity index (χ2n) is 5.23. The molecule has 8 heteroatoms. The van der Waals surface area contributed by atoms with E-state index in [1.807, 2.05) is 0 Å². The van der Waals surface area contributed by atoms with E-state index >= 15 is 0 Å². The van der Waals surface area contributed by atoms with Crippen LogP contribution in [0.15, 0.2) is 45.8 Å². The second-order valence-corrected chi connectivity index (χ2v) is 7.89. The highest BCUT2D eigenvalue weighted by atomic mass is 79.9. The monoisotopic (exact) mass is 457 g/mol. The summed E-state index contributed by atoms with van der Waals surface area (Å²) in [6.45, 7) is 0.123. The molecule has 1 saturated heterocycles. The molecule has 0 saturated carbocycles. The Kier molecular flexibility index (Phi) is 5.43.